The molecule has 3 heterocycles. The van der Waals surface area contributed by atoms with E-state index in [1.54, 1.807) is 48.7 Å². The summed E-state index contributed by atoms with van der Waals surface area (Å²) in [4.78, 5) is 30.5. The molecule has 2 atom stereocenters. The number of pyridine rings is 1. The maximum atomic E-state index is 12.5. The second-order valence-electron chi connectivity index (χ2n) is 9.78. The Kier molecular flexibility index (Phi) is 7.84. The number of benzene rings is 3. The van der Waals surface area contributed by atoms with Crippen molar-refractivity contribution >= 4 is 40.6 Å². The molecule has 9 nitrogen and oxygen atoms in total. The Hall–Kier alpha value is -5.48. The number of aromatic nitrogens is 1. The fourth-order valence-corrected chi connectivity index (χ4v) is 5.31. The van der Waals surface area contributed by atoms with Crippen molar-refractivity contribution in [3.63, 3.8) is 0 Å². The monoisotopic (exact) mass is 590 g/mol. The van der Waals surface area contributed by atoms with Gasteiger partial charge < -0.3 is 29.8 Å². The van der Waals surface area contributed by atoms with Crippen molar-refractivity contribution in [2.45, 2.75) is 12.1 Å². The maximum Gasteiger partial charge on any atom is 0.335 e. The van der Waals surface area contributed by atoms with Crippen LogP contribution in [0.1, 0.15) is 33.9 Å². The molecular formula is C33H26N4O5S. The number of para-hydroxylation sites is 1. The number of carboxylic acids is 1. The van der Waals surface area contributed by atoms with E-state index in [-0.39, 0.29) is 24.1 Å². The number of carboxylic acid groups (broad SMARTS) is 1. The van der Waals surface area contributed by atoms with Crippen LogP contribution in [-0.2, 0) is 4.79 Å². The van der Waals surface area contributed by atoms with E-state index in [0.29, 0.717) is 33.6 Å². The van der Waals surface area contributed by atoms with Gasteiger partial charge in [0.05, 0.1) is 17.3 Å². The lowest BCUT2D eigenvalue weighted by Gasteiger charge is -2.26. The molecule has 0 unspecified atom stereocenters. The maximum absolute atomic E-state index is 12.5. The molecule has 0 saturated carbocycles. The minimum Gasteiger partial charge on any atom is -0.484 e. The first-order chi connectivity index (χ1) is 21.0. The SMILES string of the molecule is O=C(COc1ccccc1)Nc1ccc(N2C(=S)N[C@@H](c3ccccn3)[C@@H]2c2ccc(-c3cccc(C(=O)O)c3)o2)cc1. The van der Waals surface area contributed by atoms with Gasteiger partial charge in [-0.2, -0.15) is 0 Å². The highest BCUT2D eigenvalue weighted by Gasteiger charge is 2.42. The topological polar surface area (TPSA) is 117 Å². The molecule has 43 heavy (non-hydrogen) atoms. The van der Waals surface area contributed by atoms with Crippen molar-refractivity contribution in [2.75, 3.05) is 16.8 Å². The van der Waals surface area contributed by atoms with Gasteiger partial charge in [0, 0.05) is 23.1 Å². The van der Waals surface area contributed by atoms with Gasteiger partial charge in [-0.25, -0.2) is 4.79 Å². The summed E-state index contributed by atoms with van der Waals surface area (Å²) in [7, 11) is 0. The molecule has 214 valence electrons. The molecule has 0 spiro atoms. The minimum atomic E-state index is -1.01. The highest BCUT2D eigenvalue weighted by Crippen LogP contribution is 2.43. The van der Waals surface area contributed by atoms with Crippen molar-refractivity contribution in [1.29, 1.82) is 0 Å². The van der Waals surface area contributed by atoms with Gasteiger partial charge in [0.1, 0.15) is 23.3 Å². The molecule has 0 bridgehead atoms. The number of nitrogens with zero attached hydrogens (tertiary/aromatic N) is 2. The second-order valence-corrected chi connectivity index (χ2v) is 10.2. The number of anilines is 2. The van der Waals surface area contributed by atoms with Gasteiger partial charge in [-0.05, 0) is 85.0 Å². The van der Waals surface area contributed by atoms with Crippen LogP contribution in [0.5, 0.6) is 5.75 Å². The molecule has 0 aliphatic carbocycles. The van der Waals surface area contributed by atoms with E-state index < -0.39 is 12.0 Å². The molecule has 3 aromatic carbocycles. The zero-order valence-electron chi connectivity index (χ0n) is 22.7. The molecule has 5 aromatic rings. The van der Waals surface area contributed by atoms with Crippen molar-refractivity contribution < 1.29 is 23.8 Å². The molecule has 2 aromatic heterocycles. The van der Waals surface area contributed by atoms with E-state index >= 15 is 0 Å². The third kappa shape index (κ3) is 6.09. The third-order valence-corrected chi connectivity index (χ3v) is 7.27. The Morgan fingerprint density at radius 2 is 1.74 bits per heavy atom. The van der Waals surface area contributed by atoms with Gasteiger partial charge in [-0.1, -0.05) is 36.4 Å². The zero-order valence-corrected chi connectivity index (χ0v) is 23.5. The minimum absolute atomic E-state index is 0.115. The van der Waals surface area contributed by atoms with Gasteiger partial charge in [0.15, 0.2) is 11.7 Å². The summed E-state index contributed by atoms with van der Waals surface area (Å²) in [6, 6.07) is 31.7. The normalized spacial score (nSPS) is 16.0. The van der Waals surface area contributed by atoms with E-state index in [1.807, 2.05) is 65.6 Å². The van der Waals surface area contributed by atoms with Crippen LogP contribution in [0.15, 0.2) is 120 Å². The summed E-state index contributed by atoms with van der Waals surface area (Å²) in [5, 5.41) is 16.2. The number of hydrogen-bond donors (Lipinski definition) is 3. The van der Waals surface area contributed by atoms with E-state index in [1.165, 1.54) is 6.07 Å². The number of carbonyl (C=O) groups is 2. The first kappa shape index (κ1) is 27.7. The fourth-order valence-electron chi connectivity index (χ4n) is 4.96. The Morgan fingerprint density at radius 3 is 2.49 bits per heavy atom. The Morgan fingerprint density at radius 1 is 0.953 bits per heavy atom. The van der Waals surface area contributed by atoms with Crippen molar-refractivity contribution in [3.05, 3.63) is 132 Å². The lowest BCUT2D eigenvalue weighted by atomic mass is 10.0. The summed E-state index contributed by atoms with van der Waals surface area (Å²) in [5.74, 6) is 0.481. The Bertz CT molecular complexity index is 1760. The highest BCUT2D eigenvalue weighted by molar-refractivity contribution is 7.80. The second kappa shape index (κ2) is 12.2. The number of rotatable bonds is 9. The van der Waals surface area contributed by atoms with E-state index in [2.05, 4.69) is 15.6 Å². The Labute approximate surface area is 252 Å². The lowest BCUT2D eigenvalue weighted by molar-refractivity contribution is -0.118. The molecule has 1 aliphatic heterocycles. The fraction of sp³-hybridized carbons (Fsp3) is 0.0909. The van der Waals surface area contributed by atoms with Crippen LogP contribution in [0.2, 0.25) is 0 Å². The van der Waals surface area contributed by atoms with Gasteiger partial charge in [0.2, 0.25) is 0 Å². The number of carbonyl (C=O) groups excluding carboxylic acids is 1. The predicted molar refractivity (Wildman–Crippen MR) is 166 cm³/mol. The summed E-state index contributed by atoms with van der Waals surface area (Å²) in [5.41, 5.74) is 3.00. The molecule has 1 amide bonds. The summed E-state index contributed by atoms with van der Waals surface area (Å²) >= 11 is 5.80. The molecule has 3 N–H and O–H groups in total. The quantitative estimate of drug-likeness (QED) is 0.172. The van der Waals surface area contributed by atoms with E-state index in [0.717, 1.165) is 11.4 Å². The van der Waals surface area contributed by atoms with Gasteiger partial charge >= 0.3 is 5.97 Å². The van der Waals surface area contributed by atoms with Gasteiger partial charge in [-0.3, -0.25) is 9.78 Å². The molecule has 1 fully saturated rings. The van der Waals surface area contributed by atoms with Crippen LogP contribution in [0, 0.1) is 0 Å². The number of ether oxygens (including phenoxy) is 1. The first-order valence-electron chi connectivity index (χ1n) is 13.5. The van der Waals surface area contributed by atoms with E-state index in [4.69, 9.17) is 21.4 Å². The number of aromatic carboxylic acids is 1. The van der Waals surface area contributed by atoms with Gasteiger partial charge in [-0.15, -0.1) is 0 Å². The van der Waals surface area contributed by atoms with Crippen LogP contribution < -0.4 is 20.3 Å². The standard InChI is InChI=1S/C33H26N4O5S/c38-29(20-41-25-9-2-1-3-10-25)35-23-12-14-24(15-13-23)37-31(30(36-33(37)43)26-11-4-5-18-34-26)28-17-16-27(42-28)21-7-6-8-22(19-21)32(39)40/h1-19,30-31H,20H2,(H,35,38)(H,36,43)(H,39,40)/t30-,31-/m0/s1. The first-order valence-corrected chi connectivity index (χ1v) is 13.9. The molecular weight excluding hydrogens is 564 g/mol. The van der Waals surface area contributed by atoms with Crippen LogP contribution in [0.4, 0.5) is 11.4 Å². The molecule has 1 aliphatic rings. The summed E-state index contributed by atoms with van der Waals surface area (Å²) in [6.45, 7) is -0.115. The van der Waals surface area contributed by atoms with Crippen molar-refractivity contribution in [1.82, 2.24) is 10.3 Å². The third-order valence-electron chi connectivity index (χ3n) is 6.95. The molecule has 1 saturated heterocycles. The predicted octanol–water partition coefficient (Wildman–Crippen LogP) is 6.23. The number of hydrogen-bond acceptors (Lipinski definition) is 6. The average Bonchev–Trinajstić information content (AvgIpc) is 3.66. The highest BCUT2D eigenvalue weighted by atomic mass is 32.1. The summed E-state index contributed by atoms with van der Waals surface area (Å²) < 4.78 is 11.9. The smallest absolute Gasteiger partial charge is 0.335 e. The zero-order chi connectivity index (χ0) is 29.8. The lowest BCUT2D eigenvalue weighted by Crippen LogP contribution is -2.29. The molecule has 0 radical (unpaired) electrons. The summed E-state index contributed by atoms with van der Waals surface area (Å²) in [6.07, 6.45) is 1.73. The number of nitrogens with one attached hydrogen (secondary N) is 2. The van der Waals surface area contributed by atoms with E-state index in [9.17, 15) is 14.7 Å². The van der Waals surface area contributed by atoms with Crippen LogP contribution in [0.25, 0.3) is 11.3 Å². The molecule has 6 rings (SSSR count). The Balaban J connectivity index is 1.26. The number of amides is 1. The van der Waals surface area contributed by atoms with Crippen molar-refractivity contribution in [2.24, 2.45) is 0 Å². The van der Waals surface area contributed by atoms with Crippen LogP contribution in [0.3, 0.4) is 0 Å². The van der Waals surface area contributed by atoms with Crippen LogP contribution in [-0.4, -0.2) is 33.7 Å². The number of furan rings is 1. The van der Waals surface area contributed by atoms with Crippen molar-refractivity contribution in [3.8, 4) is 17.1 Å². The largest absolute Gasteiger partial charge is 0.484 e. The van der Waals surface area contributed by atoms with Crippen LogP contribution >= 0.6 is 12.2 Å². The van der Waals surface area contributed by atoms with Gasteiger partial charge in [0.25, 0.3) is 5.91 Å². The number of thiocarbonyl (C=S) groups is 1. The molecule has 10 heteroatoms. The average molecular weight is 591 g/mol.